The maximum atomic E-state index is 13.2. The molecule has 1 saturated heterocycles. The second kappa shape index (κ2) is 2.88. The fourth-order valence-corrected chi connectivity index (χ4v) is 1.62. The molecule has 0 saturated carbocycles. The Morgan fingerprint density at radius 1 is 1.50 bits per heavy atom. The van der Waals surface area contributed by atoms with Crippen molar-refractivity contribution in [2.45, 2.75) is 12.5 Å². The van der Waals surface area contributed by atoms with Gasteiger partial charge < -0.3 is 10.6 Å². The van der Waals surface area contributed by atoms with Crippen LogP contribution in [0.2, 0.25) is 0 Å². The molecule has 14 heavy (non-hydrogen) atoms. The van der Waals surface area contributed by atoms with Crippen LogP contribution in [0.15, 0.2) is 12.3 Å². The maximum absolute atomic E-state index is 13.2. The molecule has 0 spiro atoms. The summed E-state index contributed by atoms with van der Waals surface area (Å²) in [6.07, 6.45) is 1.00. The van der Waals surface area contributed by atoms with E-state index in [1.807, 2.05) is 6.92 Å². The smallest absolute Gasteiger partial charge is 0.168 e. The van der Waals surface area contributed by atoms with E-state index in [9.17, 15) is 8.78 Å². The third-order valence-electron chi connectivity index (χ3n) is 2.19. The second-order valence-corrected chi connectivity index (χ2v) is 3.97. The first kappa shape index (κ1) is 9.33. The van der Waals surface area contributed by atoms with Crippen molar-refractivity contribution in [3.05, 3.63) is 23.9 Å². The summed E-state index contributed by atoms with van der Waals surface area (Å²) >= 11 is 0. The standard InChI is InChI=1S/C9H11F2N3/c1-9(12)4-14(5-9)8-7(11)2-6(10)3-13-8/h2-3H,4-5,12H2,1H3. The van der Waals surface area contributed by atoms with Crippen LogP contribution in [0.3, 0.4) is 0 Å². The molecule has 0 radical (unpaired) electrons. The molecule has 3 nitrogen and oxygen atoms in total. The first-order valence-corrected chi connectivity index (χ1v) is 4.33. The normalized spacial score (nSPS) is 19.3. The SMILES string of the molecule is CC1(N)CN(c2ncc(F)cc2F)C1. The van der Waals surface area contributed by atoms with Crippen molar-refractivity contribution < 1.29 is 8.78 Å². The summed E-state index contributed by atoms with van der Waals surface area (Å²) < 4.78 is 25.7. The molecule has 1 aromatic heterocycles. The number of hydrogen-bond acceptors (Lipinski definition) is 3. The third-order valence-corrected chi connectivity index (χ3v) is 2.19. The molecule has 0 aromatic carbocycles. The molecule has 1 aliphatic heterocycles. The average molecular weight is 199 g/mol. The highest BCUT2D eigenvalue weighted by molar-refractivity contribution is 5.45. The van der Waals surface area contributed by atoms with Crippen molar-refractivity contribution in [3.8, 4) is 0 Å². The Labute approximate surface area is 80.5 Å². The molecular weight excluding hydrogens is 188 g/mol. The highest BCUT2D eigenvalue weighted by Gasteiger charge is 2.36. The van der Waals surface area contributed by atoms with E-state index in [1.165, 1.54) is 0 Å². The first-order chi connectivity index (χ1) is 6.48. The van der Waals surface area contributed by atoms with Crippen molar-refractivity contribution in [1.29, 1.82) is 0 Å². The quantitative estimate of drug-likeness (QED) is 0.730. The Kier molecular flexibility index (Phi) is 1.92. The van der Waals surface area contributed by atoms with Gasteiger partial charge in [0.2, 0.25) is 0 Å². The van der Waals surface area contributed by atoms with E-state index in [4.69, 9.17) is 5.73 Å². The third kappa shape index (κ3) is 1.55. The summed E-state index contributed by atoms with van der Waals surface area (Å²) in [6, 6.07) is 0.828. The van der Waals surface area contributed by atoms with Gasteiger partial charge in [-0.1, -0.05) is 0 Å². The molecule has 2 N–H and O–H groups in total. The van der Waals surface area contributed by atoms with Crippen molar-refractivity contribution in [2.75, 3.05) is 18.0 Å². The van der Waals surface area contributed by atoms with Gasteiger partial charge in [0.25, 0.3) is 0 Å². The van der Waals surface area contributed by atoms with Gasteiger partial charge in [-0.2, -0.15) is 0 Å². The van der Waals surface area contributed by atoms with Gasteiger partial charge in [0.05, 0.1) is 6.20 Å². The molecule has 0 atom stereocenters. The number of halogens is 2. The Bertz CT molecular complexity index is 357. The van der Waals surface area contributed by atoms with Crippen molar-refractivity contribution in [1.82, 2.24) is 4.98 Å². The Morgan fingerprint density at radius 3 is 2.64 bits per heavy atom. The van der Waals surface area contributed by atoms with E-state index in [-0.39, 0.29) is 11.4 Å². The summed E-state index contributed by atoms with van der Waals surface area (Å²) in [7, 11) is 0. The van der Waals surface area contributed by atoms with Gasteiger partial charge in [-0.25, -0.2) is 13.8 Å². The number of nitrogens with two attached hydrogens (primary N) is 1. The monoisotopic (exact) mass is 199 g/mol. The molecule has 1 aromatic rings. The molecular formula is C9H11F2N3. The Hall–Kier alpha value is -1.23. The lowest BCUT2D eigenvalue weighted by atomic mass is 9.94. The van der Waals surface area contributed by atoms with Crippen LogP contribution in [0, 0.1) is 11.6 Å². The first-order valence-electron chi connectivity index (χ1n) is 4.33. The number of pyridine rings is 1. The molecule has 0 amide bonds. The minimum atomic E-state index is -0.665. The minimum Gasteiger partial charge on any atom is -0.350 e. The van der Waals surface area contributed by atoms with Gasteiger partial charge in [-0.3, -0.25) is 0 Å². The minimum absolute atomic E-state index is 0.175. The van der Waals surface area contributed by atoms with Crippen LogP contribution in [0.25, 0.3) is 0 Å². The lowest BCUT2D eigenvalue weighted by Gasteiger charge is -2.46. The molecule has 1 aliphatic rings. The van der Waals surface area contributed by atoms with Gasteiger partial charge >= 0.3 is 0 Å². The van der Waals surface area contributed by atoms with E-state index in [0.29, 0.717) is 13.1 Å². The fourth-order valence-electron chi connectivity index (χ4n) is 1.62. The van der Waals surface area contributed by atoms with Crippen LogP contribution < -0.4 is 10.6 Å². The van der Waals surface area contributed by atoms with E-state index in [1.54, 1.807) is 4.90 Å². The van der Waals surface area contributed by atoms with Crippen LogP contribution in [0.1, 0.15) is 6.92 Å². The van der Waals surface area contributed by atoms with E-state index in [0.717, 1.165) is 12.3 Å². The molecule has 0 unspecified atom stereocenters. The zero-order valence-corrected chi connectivity index (χ0v) is 7.80. The summed E-state index contributed by atoms with van der Waals surface area (Å²) in [4.78, 5) is 5.38. The van der Waals surface area contributed by atoms with Crippen LogP contribution in [0.5, 0.6) is 0 Å². The lowest BCUT2D eigenvalue weighted by molar-refractivity contribution is 0.358. The zero-order valence-electron chi connectivity index (χ0n) is 7.80. The fraction of sp³-hybridized carbons (Fsp3) is 0.444. The predicted molar refractivity (Wildman–Crippen MR) is 49.0 cm³/mol. The van der Waals surface area contributed by atoms with Gasteiger partial charge in [-0.05, 0) is 6.92 Å². The molecule has 2 heterocycles. The molecule has 1 fully saturated rings. The van der Waals surface area contributed by atoms with Gasteiger partial charge in [0, 0.05) is 24.7 Å². The second-order valence-electron chi connectivity index (χ2n) is 3.97. The number of hydrogen-bond donors (Lipinski definition) is 1. The maximum Gasteiger partial charge on any atom is 0.168 e. The molecule has 5 heteroatoms. The Balaban J connectivity index is 2.19. The molecule has 76 valence electrons. The summed E-state index contributed by atoms with van der Waals surface area (Å²) in [5, 5.41) is 0. The largest absolute Gasteiger partial charge is 0.350 e. The number of anilines is 1. The van der Waals surface area contributed by atoms with E-state index >= 15 is 0 Å². The highest BCUT2D eigenvalue weighted by atomic mass is 19.1. The van der Waals surface area contributed by atoms with Crippen molar-refractivity contribution >= 4 is 5.82 Å². The number of nitrogens with zero attached hydrogens (tertiary/aromatic N) is 2. The lowest BCUT2D eigenvalue weighted by Crippen LogP contribution is -2.66. The number of aromatic nitrogens is 1. The van der Waals surface area contributed by atoms with Crippen LogP contribution in [0.4, 0.5) is 14.6 Å². The van der Waals surface area contributed by atoms with Gasteiger partial charge in [0.1, 0.15) is 5.82 Å². The predicted octanol–water partition coefficient (Wildman–Crippen LogP) is 0.897. The van der Waals surface area contributed by atoms with E-state index in [2.05, 4.69) is 4.98 Å². The van der Waals surface area contributed by atoms with Gasteiger partial charge in [-0.15, -0.1) is 0 Å². The zero-order chi connectivity index (χ0) is 10.3. The topological polar surface area (TPSA) is 42.1 Å². The Morgan fingerprint density at radius 2 is 2.14 bits per heavy atom. The molecule has 0 bridgehead atoms. The number of rotatable bonds is 1. The van der Waals surface area contributed by atoms with Crippen LogP contribution >= 0.6 is 0 Å². The van der Waals surface area contributed by atoms with E-state index < -0.39 is 11.6 Å². The summed E-state index contributed by atoms with van der Waals surface area (Å²) in [5.41, 5.74) is 5.47. The van der Waals surface area contributed by atoms with Crippen molar-refractivity contribution in [3.63, 3.8) is 0 Å². The van der Waals surface area contributed by atoms with Crippen LogP contribution in [-0.4, -0.2) is 23.6 Å². The molecule has 2 rings (SSSR count). The highest BCUT2D eigenvalue weighted by Crippen LogP contribution is 2.26. The van der Waals surface area contributed by atoms with Gasteiger partial charge in [0.15, 0.2) is 11.6 Å². The summed E-state index contributed by atoms with van der Waals surface area (Å²) in [5.74, 6) is -1.13. The summed E-state index contributed by atoms with van der Waals surface area (Å²) in [6.45, 7) is 2.97. The van der Waals surface area contributed by atoms with Crippen LogP contribution in [-0.2, 0) is 0 Å². The molecule has 0 aliphatic carbocycles. The van der Waals surface area contributed by atoms with Crippen molar-refractivity contribution in [2.24, 2.45) is 5.73 Å². The average Bonchev–Trinajstić information content (AvgIpc) is 2.00.